The first-order valence-electron chi connectivity index (χ1n) is 11.3. The molecule has 0 aliphatic heterocycles. The highest BCUT2D eigenvalue weighted by molar-refractivity contribution is 7.20. The van der Waals surface area contributed by atoms with Gasteiger partial charge in [0, 0.05) is 29.9 Å². The molecule has 1 aliphatic rings. The van der Waals surface area contributed by atoms with E-state index in [0.717, 1.165) is 28.9 Å². The van der Waals surface area contributed by atoms with Gasteiger partial charge in [-0.1, -0.05) is 6.07 Å². The number of aliphatic carboxylic acids is 1. The number of fused-ring (bicyclic) bond motifs is 1. The van der Waals surface area contributed by atoms with Crippen LogP contribution in [0.1, 0.15) is 45.7 Å². The Kier molecular flexibility index (Phi) is 7.78. The Morgan fingerprint density at radius 3 is 2.19 bits per heavy atom. The second-order valence-electron chi connectivity index (χ2n) is 8.50. The van der Waals surface area contributed by atoms with Crippen molar-refractivity contribution in [1.29, 1.82) is 0 Å². The smallest absolute Gasteiger partial charge is 0.306 e. The Balaban J connectivity index is 1.27. The van der Waals surface area contributed by atoms with Gasteiger partial charge in [0.25, 0.3) is 11.8 Å². The van der Waals surface area contributed by atoms with E-state index < -0.39 is 46.7 Å². The number of nitrogens with one attached hydrogen (secondary N) is 2. The van der Waals surface area contributed by atoms with Gasteiger partial charge in [0.2, 0.25) is 0 Å². The molecule has 4 rings (SSSR count). The van der Waals surface area contributed by atoms with Crippen molar-refractivity contribution < 1.29 is 37.4 Å². The summed E-state index contributed by atoms with van der Waals surface area (Å²) in [5.41, 5.74) is -0.769. The fourth-order valence-electron chi connectivity index (χ4n) is 4.10. The SMILES string of the molecule is O=C(NCCNC(=O)c1c(F)cc(O[C@H]2CC[C@@H](C(=O)O)CC2)cc1F)c1cc2ccc(F)cc2s1. The monoisotopic (exact) mass is 520 g/mol. The largest absolute Gasteiger partial charge is 0.490 e. The van der Waals surface area contributed by atoms with E-state index in [2.05, 4.69) is 10.6 Å². The van der Waals surface area contributed by atoms with Crippen LogP contribution in [0.3, 0.4) is 0 Å². The molecule has 0 saturated heterocycles. The van der Waals surface area contributed by atoms with Gasteiger partial charge in [0.05, 0.1) is 16.9 Å². The summed E-state index contributed by atoms with van der Waals surface area (Å²) in [7, 11) is 0. The first-order chi connectivity index (χ1) is 17.2. The number of hydrogen-bond acceptors (Lipinski definition) is 5. The van der Waals surface area contributed by atoms with E-state index in [4.69, 9.17) is 9.84 Å². The molecule has 3 N–H and O–H groups in total. The number of rotatable bonds is 8. The van der Waals surface area contributed by atoms with E-state index in [1.165, 1.54) is 12.1 Å². The zero-order valence-corrected chi connectivity index (χ0v) is 19.8. The highest BCUT2D eigenvalue weighted by atomic mass is 32.1. The summed E-state index contributed by atoms with van der Waals surface area (Å²) in [6.07, 6.45) is 1.38. The molecule has 1 heterocycles. The van der Waals surface area contributed by atoms with E-state index >= 15 is 0 Å². The lowest BCUT2D eigenvalue weighted by molar-refractivity contribution is -0.143. The van der Waals surface area contributed by atoms with Crippen LogP contribution in [0.4, 0.5) is 13.2 Å². The van der Waals surface area contributed by atoms with Crippen LogP contribution in [-0.4, -0.2) is 42.1 Å². The number of halogens is 3. The van der Waals surface area contributed by atoms with Crippen molar-refractivity contribution in [3.8, 4) is 5.75 Å². The maximum atomic E-state index is 14.5. The molecule has 0 radical (unpaired) electrons. The first-order valence-corrected chi connectivity index (χ1v) is 12.2. The van der Waals surface area contributed by atoms with Crippen molar-refractivity contribution >= 4 is 39.2 Å². The molecule has 11 heteroatoms. The lowest BCUT2D eigenvalue weighted by Gasteiger charge is -2.26. The van der Waals surface area contributed by atoms with Gasteiger partial charge in [-0.3, -0.25) is 14.4 Å². The quantitative estimate of drug-likeness (QED) is 0.380. The average Bonchev–Trinajstić information content (AvgIpc) is 3.25. The van der Waals surface area contributed by atoms with Gasteiger partial charge in [0.15, 0.2) is 0 Å². The lowest BCUT2D eigenvalue weighted by atomic mass is 9.87. The number of ether oxygens (including phenoxy) is 1. The molecular formula is C25H23F3N2O5S. The number of carboxylic acids is 1. The van der Waals surface area contributed by atoms with Gasteiger partial charge in [-0.15, -0.1) is 11.3 Å². The standard InChI is InChI=1S/C25H23F3N2O5S/c26-15-4-1-14-9-21(36-20(14)10-15)23(31)29-7-8-30-24(32)22-18(27)11-17(12-19(22)28)35-16-5-2-13(3-6-16)25(33)34/h1,4,9-13,16H,2-3,5-8H2,(H,29,31)(H,30,32)(H,33,34)/t13-,16+. The molecule has 2 amide bonds. The van der Waals surface area contributed by atoms with Crippen LogP contribution < -0.4 is 15.4 Å². The van der Waals surface area contributed by atoms with Crippen LogP contribution >= 0.6 is 11.3 Å². The maximum Gasteiger partial charge on any atom is 0.306 e. The summed E-state index contributed by atoms with van der Waals surface area (Å²) in [6, 6.07) is 7.68. The summed E-state index contributed by atoms with van der Waals surface area (Å²) in [6.45, 7) is -0.0648. The summed E-state index contributed by atoms with van der Waals surface area (Å²) in [5, 5.41) is 14.7. The van der Waals surface area contributed by atoms with Gasteiger partial charge in [-0.25, -0.2) is 13.2 Å². The molecule has 1 saturated carbocycles. The fourth-order valence-corrected chi connectivity index (χ4v) is 5.10. The Morgan fingerprint density at radius 2 is 1.56 bits per heavy atom. The zero-order chi connectivity index (χ0) is 25.8. The predicted molar refractivity (Wildman–Crippen MR) is 127 cm³/mol. The van der Waals surface area contributed by atoms with Crippen molar-refractivity contribution in [3.63, 3.8) is 0 Å². The van der Waals surface area contributed by atoms with Crippen LogP contribution in [0.2, 0.25) is 0 Å². The van der Waals surface area contributed by atoms with Crippen molar-refractivity contribution in [1.82, 2.24) is 10.6 Å². The molecule has 1 fully saturated rings. The van der Waals surface area contributed by atoms with Gasteiger partial charge in [-0.2, -0.15) is 0 Å². The Labute approximate surface area is 208 Å². The third-order valence-corrected chi connectivity index (χ3v) is 7.07. The van der Waals surface area contributed by atoms with Gasteiger partial charge in [0.1, 0.15) is 28.8 Å². The summed E-state index contributed by atoms with van der Waals surface area (Å²) in [4.78, 5) is 36.0. The fraction of sp³-hybridized carbons (Fsp3) is 0.320. The Morgan fingerprint density at radius 1 is 0.917 bits per heavy atom. The number of carbonyl (C=O) groups is 3. The molecule has 0 bridgehead atoms. The third kappa shape index (κ3) is 5.96. The summed E-state index contributed by atoms with van der Waals surface area (Å²) >= 11 is 1.12. The van der Waals surface area contributed by atoms with Gasteiger partial charge < -0.3 is 20.5 Å². The van der Waals surface area contributed by atoms with Crippen molar-refractivity contribution in [2.75, 3.05) is 13.1 Å². The maximum absolute atomic E-state index is 14.5. The highest BCUT2D eigenvalue weighted by Crippen LogP contribution is 2.29. The van der Waals surface area contributed by atoms with Gasteiger partial charge >= 0.3 is 5.97 Å². The van der Waals surface area contributed by atoms with Crippen LogP contribution in [0.25, 0.3) is 10.1 Å². The minimum absolute atomic E-state index is 0.0105. The number of benzene rings is 2. The molecular weight excluding hydrogens is 497 g/mol. The molecule has 7 nitrogen and oxygen atoms in total. The summed E-state index contributed by atoms with van der Waals surface area (Å²) < 4.78 is 48.6. The number of amides is 2. The lowest BCUT2D eigenvalue weighted by Crippen LogP contribution is -2.35. The van der Waals surface area contributed by atoms with Crippen LogP contribution in [0, 0.1) is 23.4 Å². The highest BCUT2D eigenvalue weighted by Gasteiger charge is 2.28. The van der Waals surface area contributed by atoms with E-state index in [1.807, 2.05) is 0 Å². The zero-order valence-electron chi connectivity index (χ0n) is 19.0. The second-order valence-corrected chi connectivity index (χ2v) is 9.58. The molecule has 0 atom stereocenters. The normalized spacial score (nSPS) is 17.5. The second kappa shape index (κ2) is 11.0. The number of carbonyl (C=O) groups excluding carboxylic acids is 2. The van der Waals surface area contributed by atoms with Crippen molar-refractivity contribution in [2.45, 2.75) is 31.8 Å². The molecule has 36 heavy (non-hydrogen) atoms. The molecule has 0 unspecified atom stereocenters. The minimum Gasteiger partial charge on any atom is -0.490 e. The molecule has 190 valence electrons. The minimum atomic E-state index is -1.09. The Hall–Kier alpha value is -3.60. The Bertz CT molecular complexity index is 1280. The predicted octanol–water partition coefficient (Wildman–Crippen LogP) is 4.50. The van der Waals surface area contributed by atoms with Crippen LogP contribution in [0.15, 0.2) is 36.4 Å². The molecule has 2 aromatic carbocycles. The third-order valence-electron chi connectivity index (χ3n) is 5.97. The van der Waals surface area contributed by atoms with Crippen molar-refractivity contribution in [2.24, 2.45) is 5.92 Å². The van der Waals surface area contributed by atoms with Crippen LogP contribution in [0.5, 0.6) is 5.75 Å². The molecule has 1 aliphatic carbocycles. The first kappa shape index (κ1) is 25.5. The number of hydrogen-bond donors (Lipinski definition) is 3. The summed E-state index contributed by atoms with van der Waals surface area (Å²) in [5.74, 6) is -5.36. The van der Waals surface area contributed by atoms with E-state index in [1.54, 1.807) is 12.1 Å². The number of thiophene rings is 1. The van der Waals surface area contributed by atoms with Crippen molar-refractivity contribution in [3.05, 3.63) is 64.3 Å². The molecule has 3 aromatic rings. The van der Waals surface area contributed by atoms with E-state index in [0.29, 0.717) is 35.3 Å². The van der Waals surface area contributed by atoms with E-state index in [9.17, 15) is 27.6 Å². The van der Waals surface area contributed by atoms with Gasteiger partial charge in [-0.05, 0) is 49.3 Å². The molecule has 0 spiro atoms. The number of carboxylic acid groups (broad SMARTS) is 1. The van der Waals surface area contributed by atoms with Crippen LogP contribution in [-0.2, 0) is 4.79 Å². The topological polar surface area (TPSA) is 105 Å². The van der Waals surface area contributed by atoms with E-state index in [-0.39, 0.29) is 24.9 Å². The molecule has 1 aromatic heterocycles. The average molecular weight is 521 g/mol.